The van der Waals surface area contributed by atoms with Crippen LogP contribution in [0.2, 0.25) is 0 Å². The van der Waals surface area contributed by atoms with Crippen molar-refractivity contribution in [2.45, 2.75) is 56.3 Å². The molecule has 3 aliphatic heterocycles. The van der Waals surface area contributed by atoms with Gasteiger partial charge in [0.2, 0.25) is 0 Å². The lowest BCUT2D eigenvalue weighted by atomic mass is 9.71. The second-order valence-electron chi connectivity index (χ2n) is 5.53. The van der Waals surface area contributed by atoms with Crippen LogP contribution >= 0.6 is 0 Å². The van der Waals surface area contributed by atoms with E-state index in [9.17, 15) is 4.79 Å². The lowest BCUT2D eigenvalue weighted by Crippen LogP contribution is -2.39. The topological polar surface area (TPSA) is 35.5 Å². The minimum atomic E-state index is -0.110. The molecule has 1 aliphatic carbocycles. The molecule has 4 rings (SSSR count). The smallest absolute Gasteiger partial charge is 0.312 e. The zero-order valence-electron chi connectivity index (χ0n) is 8.78. The predicted molar refractivity (Wildman–Crippen MR) is 52.2 cm³/mol. The maximum atomic E-state index is 11.9. The highest BCUT2D eigenvalue weighted by molar-refractivity contribution is 5.77. The van der Waals surface area contributed by atoms with E-state index < -0.39 is 0 Å². The second-order valence-corrected chi connectivity index (χ2v) is 5.53. The Bertz CT molecular complexity index is 319. The number of esters is 1. The van der Waals surface area contributed by atoms with Crippen LogP contribution in [0.25, 0.3) is 0 Å². The highest BCUT2D eigenvalue weighted by atomic mass is 16.6. The van der Waals surface area contributed by atoms with Gasteiger partial charge in [0.1, 0.15) is 5.60 Å². The van der Waals surface area contributed by atoms with Crippen LogP contribution in [0.3, 0.4) is 0 Å². The van der Waals surface area contributed by atoms with E-state index in [1.165, 1.54) is 12.8 Å². The lowest BCUT2D eigenvalue weighted by Gasteiger charge is -2.31. The van der Waals surface area contributed by atoms with Gasteiger partial charge in [0, 0.05) is 5.92 Å². The van der Waals surface area contributed by atoms with Gasteiger partial charge in [-0.2, -0.15) is 0 Å². The second kappa shape index (κ2) is 2.57. The highest BCUT2D eigenvalue weighted by Crippen LogP contribution is 2.58. The lowest BCUT2D eigenvalue weighted by molar-refractivity contribution is -0.155. The molecule has 0 aromatic heterocycles. The molecule has 4 aliphatic rings. The Morgan fingerprint density at radius 1 is 1.13 bits per heavy atom. The van der Waals surface area contributed by atoms with Crippen LogP contribution in [-0.4, -0.2) is 23.8 Å². The Labute approximate surface area is 89.1 Å². The molecule has 4 atom stereocenters. The van der Waals surface area contributed by atoms with Crippen LogP contribution in [0.4, 0.5) is 0 Å². The van der Waals surface area contributed by atoms with E-state index in [4.69, 9.17) is 9.47 Å². The van der Waals surface area contributed by atoms with Gasteiger partial charge in [-0.15, -0.1) is 0 Å². The van der Waals surface area contributed by atoms with Gasteiger partial charge in [-0.25, -0.2) is 0 Å². The van der Waals surface area contributed by atoms with Crippen molar-refractivity contribution in [3.05, 3.63) is 0 Å². The fraction of sp³-hybridized carbons (Fsp3) is 0.917. The number of ether oxygens (including phenoxy) is 2. The van der Waals surface area contributed by atoms with Crippen molar-refractivity contribution < 1.29 is 14.3 Å². The van der Waals surface area contributed by atoms with Crippen LogP contribution in [0.1, 0.15) is 38.5 Å². The summed E-state index contributed by atoms with van der Waals surface area (Å²) in [5.41, 5.74) is -0.110. The molecule has 2 bridgehead atoms. The van der Waals surface area contributed by atoms with Crippen molar-refractivity contribution in [3.8, 4) is 0 Å². The minimum absolute atomic E-state index is 0.0362. The predicted octanol–water partition coefficient (Wildman–Crippen LogP) is 1.65. The quantitative estimate of drug-likeness (QED) is 0.568. The SMILES string of the molecule is O=C1OC2(CCCC2)[C@H]2[C@@H]1[C@@H]1CC[C@H]2O1. The Morgan fingerprint density at radius 2 is 1.87 bits per heavy atom. The fourth-order valence-electron chi connectivity index (χ4n) is 4.39. The Hall–Kier alpha value is -0.570. The number of carbonyl (C=O) groups excluding carboxylic acids is 1. The number of rotatable bonds is 0. The van der Waals surface area contributed by atoms with E-state index in [1.54, 1.807) is 0 Å². The van der Waals surface area contributed by atoms with Crippen LogP contribution < -0.4 is 0 Å². The highest BCUT2D eigenvalue weighted by Gasteiger charge is 2.67. The van der Waals surface area contributed by atoms with Crippen LogP contribution in [0.5, 0.6) is 0 Å². The van der Waals surface area contributed by atoms with Crippen molar-refractivity contribution >= 4 is 5.97 Å². The van der Waals surface area contributed by atoms with Gasteiger partial charge in [0.25, 0.3) is 0 Å². The van der Waals surface area contributed by atoms with Crippen molar-refractivity contribution in [2.75, 3.05) is 0 Å². The summed E-state index contributed by atoms with van der Waals surface area (Å²) in [6, 6.07) is 0. The van der Waals surface area contributed by atoms with Gasteiger partial charge in [-0.3, -0.25) is 4.79 Å². The van der Waals surface area contributed by atoms with Crippen LogP contribution in [-0.2, 0) is 14.3 Å². The third-order valence-electron chi connectivity index (χ3n) is 4.91. The van der Waals surface area contributed by atoms with Gasteiger partial charge >= 0.3 is 5.97 Å². The largest absolute Gasteiger partial charge is 0.458 e. The van der Waals surface area contributed by atoms with Gasteiger partial charge in [0.15, 0.2) is 0 Å². The van der Waals surface area contributed by atoms with E-state index in [0.717, 1.165) is 25.7 Å². The Balaban J connectivity index is 1.77. The van der Waals surface area contributed by atoms with Crippen molar-refractivity contribution in [2.24, 2.45) is 11.8 Å². The maximum Gasteiger partial charge on any atom is 0.312 e. The number of fused-ring (bicyclic) bond motifs is 6. The summed E-state index contributed by atoms with van der Waals surface area (Å²) in [5.74, 6) is 0.516. The molecule has 4 fully saturated rings. The van der Waals surface area contributed by atoms with E-state index >= 15 is 0 Å². The summed E-state index contributed by atoms with van der Waals surface area (Å²) < 4.78 is 11.6. The fourth-order valence-corrected chi connectivity index (χ4v) is 4.39. The summed E-state index contributed by atoms with van der Waals surface area (Å²) >= 11 is 0. The third kappa shape index (κ3) is 0.889. The average Bonchev–Trinajstić information content (AvgIpc) is 2.93. The molecular weight excluding hydrogens is 192 g/mol. The minimum Gasteiger partial charge on any atom is -0.458 e. The average molecular weight is 208 g/mol. The molecule has 3 heteroatoms. The van der Waals surface area contributed by atoms with Gasteiger partial charge in [-0.1, -0.05) is 0 Å². The molecule has 0 aromatic carbocycles. The van der Waals surface area contributed by atoms with E-state index in [2.05, 4.69) is 0 Å². The third-order valence-corrected chi connectivity index (χ3v) is 4.91. The number of hydrogen-bond acceptors (Lipinski definition) is 3. The first kappa shape index (κ1) is 8.57. The Kier molecular flexibility index (Phi) is 1.47. The molecule has 0 radical (unpaired) electrons. The molecule has 1 saturated carbocycles. The molecule has 0 amide bonds. The maximum absolute atomic E-state index is 11.9. The van der Waals surface area contributed by atoms with Crippen molar-refractivity contribution in [1.82, 2.24) is 0 Å². The number of hydrogen-bond donors (Lipinski definition) is 0. The van der Waals surface area contributed by atoms with E-state index in [0.29, 0.717) is 12.0 Å². The first-order valence-corrected chi connectivity index (χ1v) is 6.18. The zero-order chi connectivity index (χ0) is 10.0. The molecule has 15 heavy (non-hydrogen) atoms. The van der Waals surface area contributed by atoms with Crippen molar-refractivity contribution in [3.63, 3.8) is 0 Å². The molecule has 82 valence electrons. The number of carbonyl (C=O) groups is 1. The standard InChI is InChI=1S/C12H16O3/c13-11-9-7-3-4-8(14-7)10(9)12(15-11)5-1-2-6-12/h7-10H,1-6H2/t7-,8+,9-,10+/m0/s1. The molecule has 1 spiro atoms. The molecular formula is C12H16O3. The summed E-state index contributed by atoms with van der Waals surface area (Å²) in [4.78, 5) is 11.9. The summed E-state index contributed by atoms with van der Waals surface area (Å²) in [5, 5.41) is 0. The van der Waals surface area contributed by atoms with Crippen molar-refractivity contribution in [1.29, 1.82) is 0 Å². The van der Waals surface area contributed by atoms with Crippen LogP contribution in [0.15, 0.2) is 0 Å². The Morgan fingerprint density at radius 3 is 2.67 bits per heavy atom. The molecule has 3 saturated heterocycles. The molecule has 3 nitrogen and oxygen atoms in total. The molecule has 0 aromatic rings. The first-order valence-electron chi connectivity index (χ1n) is 6.18. The zero-order valence-corrected chi connectivity index (χ0v) is 8.78. The molecule has 0 N–H and O–H groups in total. The van der Waals surface area contributed by atoms with E-state index in [-0.39, 0.29) is 23.6 Å². The van der Waals surface area contributed by atoms with Crippen LogP contribution in [0, 0.1) is 11.8 Å². The summed E-state index contributed by atoms with van der Waals surface area (Å²) in [6.45, 7) is 0. The monoisotopic (exact) mass is 208 g/mol. The first-order chi connectivity index (χ1) is 7.30. The van der Waals surface area contributed by atoms with E-state index in [1.807, 2.05) is 0 Å². The summed E-state index contributed by atoms with van der Waals surface area (Å²) in [6.07, 6.45) is 7.30. The van der Waals surface area contributed by atoms with Gasteiger partial charge < -0.3 is 9.47 Å². The normalized spacial score (nSPS) is 50.0. The van der Waals surface area contributed by atoms with Gasteiger partial charge in [-0.05, 0) is 38.5 Å². The molecule has 0 unspecified atom stereocenters. The summed E-state index contributed by atoms with van der Waals surface area (Å²) in [7, 11) is 0. The molecule has 3 heterocycles. The van der Waals surface area contributed by atoms with Gasteiger partial charge in [0.05, 0.1) is 18.1 Å².